The number of aromatic hydroxyl groups is 2. The van der Waals surface area contributed by atoms with Gasteiger partial charge in [0.2, 0.25) is 0 Å². The third kappa shape index (κ3) is 1.35. The van der Waals surface area contributed by atoms with Crippen LogP contribution in [0, 0.1) is 0 Å². The average Bonchev–Trinajstić information content (AvgIpc) is 2.71. The number of ether oxygens (including phenoxy) is 2. The molecule has 2 heterocycles. The molecule has 2 atom stereocenters. The summed E-state index contributed by atoms with van der Waals surface area (Å²) in [5.41, 5.74) is -0.0150. The molecule has 0 bridgehead atoms. The van der Waals surface area contributed by atoms with Crippen LogP contribution in [-0.4, -0.2) is 21.9 Å². The zero-order valence-electron chi connectivity index (χ0n) is 10.4. The van der Waals surface area contributed by atoms with Crippen LogP contribution in [0.15, 0.2) is 36.4 Å². The highest BCUT2D eigenvalue weighted by Gasteiger charge is 2.52. The highest BCUT2D eigenvalue weighted by Crippen LogP contribution is 2.54. The molecule has 2 unspecified atom stereocenters. The summed E-state index contributed by atoms with van der Waals surface area (Å²) in [5, 5.41) is 29.9. The predicted molar refractivity (Wildman–Crippen MR) is 69.0 cm³/mol. The standard InChI is InChI=1S/C15H12O5/c16-8-1-3-10-12(5-8)19-7-15(18)11-4-2-9(17)6-13(11)20-14(10)15/h1-6,14,16-18H,7H2. The van der Waals surface area contributed by atoms with E-state index in [0.717, 1.165) is 0 Å². The van der Waals surface area contributed by atoms with Gasteiger partial charge >= 0.3 is 0 Å². The molecule has 102 valence electrons. The first-order valence-corrected chi connectivity index (χ1v) is 6.26. The number of hydrogen-bond donors (Lipinski definition) is 3. The zero-order chi connectivity index (χ0) is 13.9. The molecule has 0 spiro atoms. The van der Waals surface area contributed by atoms with Crippen LogP contribution in [0.5, 0.6) is 23.0 Å². The smallest absolute Gasteiger partial charge is 0.168 e. The lowest BCUT2D eigenvalue weighted by atomic mass is 9.85. The van der Waals surface area contributed by atoms with Crippen molar-refractivity contribution in [3.8, 4) is 23.0 Å². The van der Waals surface area contributed by atoms with E-state index >= 15 is 0 Å². The maximum Gasteiger partial charge on any atom is 0.168 e. The predicted octanol–water partition coefficient (Wildman–Crippen LogP) is 1.81. The van der Waals surface area contributed by atoms with Crippen molar-refractivity contribution in [2.75, 3.05) is 6.61 Å². The molecular weight excluding hydrogens is 260 g/mol. The first-order valence-electron chi connectivity index (χ1n) is 6.26. The Morgan fingerprint density at radius 2 is 1.70 bits per heavy atom. The minimum atomic E-state index is -1.28. The van der Waals surface area contributed by atoms with E-state index in [0.29, 0.717) is 22.6 Å². The van der Waals surface area contributed by atoms with Gasteiger partial charge in [-0.05, 0) is 24.3 Å². The molecule has 2 aromatic rings. The second-order valence-corrected chi connectivity index (χ2v) is 5.11. The molecule has 2 aliphatic rings. The Hall–Kier alpha value is -2.40. The Kier molecular flexibility index (Phi) is 2.04. The van der Waals surface area contributed by atoms with Gasteiger partial charge in [0.25, 0.3) is 0 Å². The lowest BCUT2D eigenvalue weighted by molar-refractivity contribution is -0.0864. The molecule has 0 amide bonds. The van der Waals surface area contributed by atoms with Crippen molar-refractivity contribution in [2.24, 2.45) is 0 Å². The Balaban J connectivity index is 1.88. The quantitative estimate of drug-likeness (QED) is 0.681. The van der Waals surface area contributed by atoms with E-state index in [2.05, 4.69) is 0 Å². The molecule has 0 radical (unpaired) electrons. The van der Waals surface area contributed by atoms with Gasteiger partial charge < -0.3 is 24.8 Å². The van der Waals surface area contributed by atoms with Crippen molar-refractivity contribution in [3.63, 3.8) is 0 Å². The second-order valence-electron chi connectivity index (χ2n) is 5.11. The fourth-order valence-corrected chi connectivity index (χ4v) is 2.86. The normalized spacial score (nSPS) is 25.9. The number of aliphatic hydroxyl groups is 1. The summed E-state index contributed by atoms with van der Waals surface area (Å²) in [4.78, 5) is 0. The van der Waals surface area contributed by atoms with Gasteiger partial charge in [0, 0.05) is 23.3 Å². The summed E-state index contributed by atoms with van der Waals surface area (Å²) in [6.07, 6.45) is -0.608. The van der Waals surface area contributed by atoms with Gasteiger partial charge in [-0.3, -0.25) is 0 Å². The van der Waals surface area contributed by atoms with Crippen LogP contribution < -0.4 is 9.47 Å². The van der Waals surface area contributed by atoms with Crippen LogP contribution in [0.4, 0.5) is 0 Å². The SMILES string of the molecule is Oc1ccc2c(c1)OCC1(O)c3ccc(O)cc3OC21. The van der Waals surface area contributed by atoms with E-state index in [1.807, 2.05) is 0 Å². The Bertz CT molecular complexity index is 711. The van der Waals surface area contributed by atoms with E-state index in [-0.39, 0.29) is 18.1 Å². The average molecular weight is 272 g/mol. The summed E-state index contributed by atoms with van der Waals surface area (Å²) in [5.74, 6) is 1.12. The van der Waals surface area contributed by atoms with Crippen LogP contribution in [0.25, 0.3) is 0 Å². The first kappa shape index (κ1) is 11.4. The Morgan fingerprint density at radius 3 is 2.50 bits per heavy atom. The van der Waals surface area contributed by atoms with Crippen LogP contribution in [0.1, 0.15) is 17.2 Å². The molecule has 2 aliphatic heterocycles. The maximum absolute atomic E-state index is 10.9. The highest BCUT2D eigenvalue weighted by atomic mass is 16.5. The van der Waals surface area contributed by atoms with Crippen LogP contribution >= 0.6 is 0 Å². The van der Waals surface area contributed by atoms with Crippen molar-refractivity contribution in [1.29, 1.82) is 0 Å². The second kappa shape index (κ2) is 3.58. The number of rotatable bonds is 0. The van der Waals surface area contributed by atoms with Gasteiger partial charge in [-0.1, -0.05) is 0 Å². The summed E-state index contributed by atoms with van der Waals surface area (Å²) < 4.78 is 11.3. The van der Waals surface area contributed by atoms with E-state index in [4.69, 9.17) is 9.47 Å². The monoisotopic (exact) mass is 272 g/mol. The molecule has 20 heavy (non-hydrogen) atoms. The fraction of sp³-hybridized carbons (Fsp3) is 0.200. The largest absolute Gasteiger partial charge is 0.508 e. The van der Waals surface area contributed by atoms with Gasteiger partial charge in [0.15, 0.2) is 11.7 Å². The van der Waals surface area contributed by atoms with Crippen molar-refractivity contribution < 1.29 is 24.8 Å². The molecule has 0 saturated carbocycles. The van der Waals surface area contributed by atoms with E-state index in [1.165, 1.54) is 24.3 Å². The maximum atomic E-state index is 10.9. The molecule has 3 N–H and O–H groups in total. The molecule has 5 nitrogen and oxygen atoms in total. The van der Waals surface area contributed by atoms with Gasteiger partial charge in [-0.2, -0.15) is 0 Å². The topological polar surface area (TPSA) is 79.2 Å². The Labute approximate surface area is 114 Å². The van der Waals surface area contributed by atoms with Crippen molar-refractivity contribution in [1.82, 2.24) is 0 Å². The summed E-state index contributed by atoms with van der Waals surface area (Å²) in [7, 11) is 0. The summed E-state index contributed by atoms with van der Waals surface area (Å²) >= 11 is 0. The molecule has 0 aromatic heterocycles. The van der Waals surface area contributed by atoms with Crippen LogP contribution in [-0.2, 0) is 5.60 Å². The van der Waals surface area contributed by atoms with Crippen LogP contribution in [0.2, 0.25) is 0 Å². The van der Waals surface area contributed by atoms with E-state index < -0.39 is 11.7 Å². The van der Waals surface area contributed by atoms with Gasteiger partial charge in [-0.25, -0.2) is 0 Å². The Morgan fingerprint density at radius 1 is 1.00 bits per heavy atom. The number of phenolic OH excluding ortho intramolecular Hbond substituents is 2. The minimum absolute atomic E-state index is 0.0336. The van der Waals surface area contributed by atoms with Gasteiger partial charge in [0.05, 0.1) is 0 Å². The number of hydrogen-bond acceptors (Lipinski definition) is 5. The molecular formula is C15H12O5. The molecule has 0 aliphatic carbocycles. The minimum Gasteiger partial charge on any atom is -0.508 e. The van der Waals surface area contributed by atoms with Crippen molar-refractivity contribution in [2.45, 2.75) is 11.7 Å². The molecule has 0 fully saturated rings. The van der Waals surface area contributed by atoms with Crippen molar-refractivity contribution >= 4 is 0 Å². The zero-order valence-corrected chi connectivity index (χ0v) is 10.4. The molecule has 5 heteroatoms. The number of fused-ring (bicyclic) bond motifs is 5. The lowest BCUT2D eigenvalue weighted by Gasteiger charge is -2.34. The highest BCUT2D eigenvalue weighted by molar-refractivity contribution is 5.53. The van der Waals surface area contributed by atoms with E-state index in [1.54, 1.807) is 12.1 Å². The third-order valence-corrected chi connectivity index (χ3v) is 3.84. The summed E-state index contributed by atoms with van der Waals surface area (Å²) in [6, 6.07) is 9.32. The van der Waals surface area contributed by atoms with Gasteiger partial charge in [-0.15, -0.1) is 0 Å². The van der Waals surface area contributed by atoms with Crippen LogP contribution in [0.3, 0.4) is 0 Å². The van der Waals surface area contributed by atoms with Gasteiger partial charge in [0.1, 0.15) is 29.6 Å². The third-order valence-electron chi connectivity index (χ3n) is 3.84. The first-order chi connectivity index (χ1) is 9.58. The molecule has 4 rings (SSSR count). The number of benzene rings is 2. The van der Waals surface area contributed by atoms with Crippen molar-refractivity contribution in [3.05, 3.63) is 47.5 Å². The molecule has 0 saturated heterocycles. The van der Waals surface area contributed by atoms with E-state index in [9.17, 15) is 15.3 Å². The fourth-order valence-electron chi connectivity index (χ4n) is 2.86. The lowest BCUT2D eigenvalue weighted by Crippen LogP contribution is -2.41. The molecule has 2 aromatic carbocycles. The number of phenols is 2. The summed E-state index contributed by atoms with van der Waals surface area (Å²) in [6.45, 7) is 0.0336.